The van der Waals surface area contributed by atoms with Gasteiger partial charge in [0.15, 0.2) is 0 Å². The molecule has 3 aromatic rings. The highest BCUT2D eigenvalue weighted by molar-refractivity contribution is 6.04. The highest BCUT2D eigenvalue weighted by atomic mass is 19.1. The summed E-state index contributed by atoms with van der Waals surface area (Å²) in [7, 11) is 0. The molecule has 0 heterocycles. The zero-order chi connectivity index (χ0) is 16.1. The van der Waals surface area contributed by atoms with E-state index < -0.39 is 11.7 Å². The van der Waals surface area contributed by atoms with Gasteiger partial charge < -0.3 is 10.1 Å². The van der Waals surface area contributed by atoms with E-state index in [0.717, 1.165) is 5.75 Å². The molecule has 1 N–H and O–H groups in total. The van der Waals surface area contributed by atoms with Gasteiger partial charge in [-0.1, -0.05) is 30.3 Å². The lowest BCUT2D eigenvalue weighted by Crippen LogP contribution is -2.13. The smallest absolute Gasteiger partial charge is 0.258 e. The van der Waals surface area contributed by atoms with Crippen LogP contribution in [0.4, 0.5) is 10.1 Å². The number of anilines is 1. The van der Waals surface area contributed by atoms with Crippen molar-refractivity contribution in [3.05, 3.63) is 90.2 Å². The SMILES string of the molecule is O=C(Nc1ccc(Oc2ccccc2)cc1)c1ccccc1F. The Bertz CT molecular complexity index is 801. The van der Waals surface area contributed by atoms with Crippen LogP contribution in [0.25, 0.3) is 0 Å². The second-order valence-corrected chi connectivity index (χ2v) is 4.87. The second-order valence-electron chi connectivity index (χ2n) is 4.87. The van der Waals surface area contributed by atoms with E-state index in [0.29, 0.717) is 11.4 Å². The zero-order valence-electron chi connectivity index (χ0n) is 12.2. The van der Waals surface area contributed by atoms with E-state index in [1.165, 1.54) is 12.1 Å². The molecule has 0 aromatic heterocycles. The quantitative estimate of drug-likeness (QED) is 0.746. The first-order valence-corrected chi connectivity index (χ1v) is 7.11. The molecule has 0 radical (unpaired) electrons. The number of nitrogens with one attached hydrogen (secondary N) is 1. The number of benzene rings is 3. The summed E-state index contributed by atoms with van der Waals surface area (Å²) in [6.07, 6.45) is 0. The van der Waals surface area contributed by atoms with E-state index in [9.17, 15) is 9.18 Å². The van der Waals surface area contributed by atoms with Gasteiger partial charge in [-0.05, 0) is 48.5 Å². The third-order valence-corrected chi connectivity index (χ3v) is 3.21. The third kappa shape index (κ3) is 3.74. The molecular weight excluding hydrogens is 293 g/mol. The fourth-order valence-corrected chi connectivity index (χ4v) is 2.07. The van der Waals surface area contributed by atoms with Gasteiger partial charge in [-0.25, -0.2) is 4.39 Å². The molecule has 4 heteroatoms. The van der Waals surface area contributed by atoms with Crippen molar-refractivity contribution in [3.8, 4) is 11.5 Å². The van der Waals surface area contributed by atoms with E-state index in [4.69, 9.17) is 4.74 Å². The maximum Gasteiger partial charge on any atom is 0.258 e. The first-order valence-electron chi connectivity index (χ1n) is 7.11. The molecule has 114 valence electrons. The van der Waals surface area contributed by atoms with Crippen molar-refractivity contribution in [3.63, 3.8) is 0 Å². The molecule has 0 spiro atoms. The summed E-state index contributed by atoms with van der Waals surface area (Å²) in [6.45, 7) is 0. The van der Waals surface area contributed by atoms with Crippen molar-refractivity contribution in [2.75, 3.05) is 5.32 Å². The first kappa shape index (κ1) is 14.8. The van der Waals surface area contributed by atoms with Gasteiger partial charge >= 0.3 is 0 Å². The zero-order valence-corrected chi connectivity index (χ0v) is 12.2. The number of hydrogen-bond donors (Lipinski definition) is 1. The number of carbonyl (C=O) groups is 1. The molecule has 23 heavy (non-hydrogen) atoms. The van der Waals surface area contributed by atoms with Crippen LogP contribution in [0.3, 0.4) is 0 Å². The van der Waals surface area contributed by atoms with Crippen molar-refractivity contribution in [1.82, 2.24) is 0 Å². The molecule has 0 fully saturated rings. The summed E-state index contributed by atoms with van der Waals surface area (Å²) in [5.41, 5.74) is 0.579. The molecule has 0 bridgehead atoms. The van der Waals surface area contributed by atoms with Crippen molar-refractivity contribution in [2.24, 2.45) is 0 Å². The van der Waals surface area contributed by atoms with Gasteiger partial charge in [0.1, 0.15) is 17.3 Å². The van der Waals surface area contributed by atoms with E-state index >= 15 is 0 Å². The van der Waals surface area contributed by atoms with Crippen LogP contribution < -0.4 is 10.1 Å². The predicted molar refractivity (Wildman–Crippen MR) is 87.3 cm³/mol. The maximum atomic E-state index is 13.6. The molecule has 0 aliphatic carbocycles. The Labute approximate surface area is 133 Å². The molecule has 0 aliphatic rings. The van der Waals surface area contributed by atoms with Crippen LogP contribution in [-0.4, -0.2) is 5.91 Å². The lowest BCUT2D eigenvalue weighted by Gasteiger charge is -2.08. The first-order chi connectivity index (χ1) is 11.2. The third-order valence-electron chi connectivity index (χ3n) is 3.21. The van der Waals surface area contributed by atoms with E-state index in [1.54, 1.807) is 36.4 Å². The van der Waals surface area contributed by atoms with Gasteiger partial charge in [-0.2, -0.15) is 0 Å². The summed E-state index contributed by atoms with van der Waals surface area (Å²) < 4.78 is 19.2. The van der Waals surface area contributed by atoms with Gasteiger partial charge in [0, 0.05) is 5.69 Å². The van der Waals surface area contributed by atoms with Gasteiger partial charge in [-0.3, -0.25) is 4.79 Å². The number of hydrogen-bond acceptors (Lipinski definition) is 2. The molecule has 0 aliphatic heterocycles. The van der Waals surface area contributed by atoms with Crippen LogP contribution in [0.15, 0.2) is 78.9 Å². The molecular formula is C19H14FNO2. The molecule has 3 aromatic carbocycles. The Hall–Kier alpha value is -3.14. The number of halogens is 1. The monoisotopic (exact) mass is 307 g/mol. The van der Waals surface area contributed by atoms with Gasteiger partial charge in [0.2, 0.25) is 0 Å². The molecule has 0 atom stereocenters. The Morgan fingerprint density at radius 1 is 0.783 bits per heavy atom. The van der Waals surface area contributed by atoms with Crippen LogP contribution in [0.2, 0.25) is 0 Å². The lowest BCUT2D eigenvalue weighted by molar-refractivity contribution is 0.102. The van der Waals surface area contributed by atoms with Crippen LogP contribution in [-0.2, 0) is 0 Å². The summed E-state index contributed by atoms with van der Waals surface area (Å²) in [4.78, 5) is 12.0. The predicted octanol–water partition coefficient (Wildman–Crippen LogP) is 4.87. The van der Waals surface area contributed by atoms with E-state index in [1.807, 2.05) is 30.3 Å². The minimum absolute atomic E-state index is 0.0112. The number of rotatable bonds is 4. The van der Waals surface area contributed by atoms with Gasteiger partial charge in [0.05, 0.1) is 5.56 Å². The molecule has 0 unspecified atom stereocenters. The Balaban J connectivity index is 1.68. The second kappa shape index (κ2) is 6.75. The number of para-hydroxylation sites is 1. The highest BCUT2D eigenvalue weighted by Gasteiger charge is 2.10. The molecule has 0 saturated heterocycles. The Morgan fingerprint density at radius 3 is 2.09 bits per heavy atom. The average molecular weight is 307 g/mol. The van der Waals surface area contributed by atoms with Crippen molar-refractivity contribution >= 4 is 11.6 Å². The summed E-state index contributed by atoms with van der Waals surface area (Å²) in [6, 6.07) is 22.1. The van der Waals surface area contributed by atoms with E-state index in [-0.39, 0.29) is 5.56 Å². The molecule has 0 saturated carbocycles. The fraction of sp³-hybridized carbons (Fsp3) is 0. The number of carbonyl (C=O) groups excluding carboxylic acids is 1. The minimum atomic E-state index is -0.547. The molecule has 1 amide bonds. The minimum Gasteiger partial charge on any atom is -0.457 e. The van der Waals surface area contributed by atoms with Gasteiger partial charge in [-0.15, -0.1) is 0 Å². The van der Waals surface area contributed by atoms with Crippen LogP contribution in [0.5, 0.6) is 11.5 Å². The Kier molecular flexibility index (Phi) is 4.34. The van der Waals surface area contributed by atoms with Crippen molar-refractivity contribution in [1.29, 1.82) is 0 Å². The van der Waals surface area contributed by atoms with Gasteiger partial charge in [0.25, 0.3) is 5.91 Å². The largest absolute Gasteiger partial charge is 0.457 e. The van der Waals surface area contributed by atoms with Crippen molar-refractivity contribution in [2.45, 2.75) is 0 Å². The van der Waals surface area contributed by atoms with Crippen molar-refractivity contribution < 1.29 is 13.9 Å². The van der Waals surface area contributed by atoms with Crippen LogP contribution >= 0.6 is 0 Å². The van der Waals surface area contributed by atoms with Crippen LogP contribution in [0, 0.1) is 5.82 Å². The highest BCUT2D eigenvalue weighted by Crippen LogP contribution is 2.23. The van der Waals surface area contributed by atoms with Crippen LogP contribution in [0.1, 0.15) is 10.4 Å². The molecule has 3 rings (SSSR count). The average Bonchev–Trinajstić information content (AvgIpc) is 2.58. The summed E-state index contributed by atoms with van der Waals surface area (Å²) in [5, 5.41) is 2.66. The summed E-state index contributed by atoms with van der Waals surface area (Å²) in [5.74, 6) is 0.351. The number of amides is 1. The Morgan fingerprint density at radius 2 is 1.39 bits per heavy atom. The fourth-order valence-electron chi connectivity index (χ4n) is 2.07. The summed E-state index contributed by atoms with van der Waals surface area (Å²) >= 11 is 0. The standard InChI is InChI=1S/C19H14FNO2/c20-18-9-5-4-8-17(18)19(22)21-14-10-12-16(13-11-14)23-15-6-2-1-3-7-15/h1-13H,(H,21,22). The lowest BCUT2D eigenvalue weighted by atomic mass is 10.2. The van der Waals surface area contributed by atoms with E-state index in [2.05, 4.69) is 5.32 Å². The normalized spacial score (nSPS) is 10.1. The molecule has 3 nitrogen and oxygen atoms in total. The maximum absolute atomic E-state index is 13.6. The topological polar surface area (TPSA) is 38.3 Å². The number of ether oxygens (including phenoxy) is 1.